The summed E-state index contributed by atoms with van der Waals surface area (Å²) in [5.41, 5.74) is 3.84. The van der Waals surface area contributed by atoms with Gasteiger partial charge in [-0.2, -0.15) is 0 Å². The Labute approximate surface area is 105 Å². The molecule has 0 saturated heterocycles. The molecule has 2 aromatic heterocycles. The summed E-state index contributed by atoms with van der Waals surface area (Å²) in [7, 11) is 2.11. The van der Waals surface area contributed by atoms with Crippen LogP contribution >= 0.6 is 11.3 Å². The van der Waals surface area contributed by atoms with Crippen LogP contribution in [0.4, 0.5) is 0 Å². The van der Waals surface area contributed by atoms with E-state index in [2.05, 4.69) is 50.2 Å². The summed E-state index contributed by atoms with van der Waals surface area (Å²) in [6.45, 7) is 8.24. The highest BCUT2D eigenvalue weighted by atomic mass is 32.1. The number of hydrogen-bond donors (Lipinski definition) is 0. The molecule has 2 heteroatoms. The summed E-state index contributed by atoms with van der Waals surface area (Å²) < 4.78 is 3.60. The van der Waals surface area contributed by atoms with Gasteiger partial charge in [0.1, 0.15) is 0 Å². The van der Waals surface area contributed by atoms with Gasteiger partial charge in [0.15, 0.2) is 0 Å². The van der Waals surface area contributed by atoms with Crippen LogP contribution in [0.2, 0.25) is 0 Å². The molecule has 0 unspecified atom stereocenters. The van der Waals surface area contributed by atoms with E-state index in [1.54, 1.807) is 0 Å². The summed E-state index contributed by atoms with van der Waals surface area (Å²) in [4.78, 5) is 1.37. The van der Waals surface area contributed by atoms with E-state index in [0.717, 1.165) is 0 Å². The molecule has 0 aliphatic carbocycles. The van der Waals surface area contributed by atoms with Crippen molar-refractivity contribution >= 4 is 38.4 Å². The van der Waals surface area contributed by atoms with Crippen LogP contribution in [0.5, 0.6) is 0 Å². The summed E-state index contributed by atoms with van der Waals surface area (Å²) in [6.07, 6.45) is 1.94. The van der Waals surface area contributed by atoms with Gasteiger partial charge in [-0.1, -0.05) is 6.58 Å². The molecule has 0 atom stereocenters. The van der Waals surface area contributed by atoms with Crippen molar-refractivity contribution < 1.29 is 0 Å². The monoisotopic (exact) mass is 241 g/mol. The maximum Gasteiger partial charge on any atom is 0.0492 e. The van der Waals surface area contributed by atoms with Crippen LogP contribution in [0.15, 0.2) is 24.8 Å². The Balaban J connectivity index is 2.52. The molecule has 1 aromatic carbocycles. The summed E-state index contributed by atoms with van der Waals surface area (Å²) in [5.74, 6) is 0. The number of aromatic nitrogens is 1. The molecule has 0 radical (unpaired) electrons. The van der Waals surface area contributed by atoms with Gasteiger partial charge >= 0.3 is 0 Å². The average molecular weight is 241 g/mol. The normalized spacial score (nSPS) is 11.5. The van der Waals surface area contributed by atoms with Crippen LogP contribution < -0.4 is 0 Å². The van der Waals surface area contributed by atoms with Gasteiger partial charge in [0.25, 0.3) is 0 Å². The largest absolute Gasteiger partial charge is 0.344 e. The van der Waals surface area contributed by atoms with Gasteiger partial charge in [-0.05, 0) is 49.1 Å². The van der Waals surface area contributed by atoms with Gasteiger partial charge in [0.05, 0.1) is 0 Å². The minimum absolute atomic E-state index is 1.22. The number of fused-ring (bicyclic) bond motifs is 2. The molecule has 0 fully saturated rings. The smallest absolute Gasteiger partial charge is 0.0492 e. The van der Waals surface area contributed by atoms with Gasteiger partial charge in [0, 0.05) is 33.2 Å². The van der Waals surface area contributed by atoms with Gasteiger partial charge in [-0.25, -0.2) is 0 Å². The molecular weight excluding hydrogens is 226 g/mol. The molecule has 3 rings (SSSR count). The second kappa shape index (κ2) is 3.47. The number of benzene rings is 1. The summed E-state index contributed by atoms with van der Waals surface area (Å²) in [5, 5.41) is 2.69. The molecule has 1 nitrogen and oxygen atoms in total. The highest BCUT2D eigenvalue weighted by Gasteiger charge is 2.11. The van der Waals surface area contributed by atoms with Crippen molar-refractivity contribution in [3.63, 3.8) is 0 Å². The van der Waals surface area contributed by atoms with E-state index in [1.165, 1.54) is 37.1 Å². The fourth-order valence-electron chi connectivity index (χ4n) is 2.59. The SMILES string of the molecule is C=Cc1c(C)c2cc3sc(C)cc3cc2n1C. The first kappa shape index (κ1) is 10.6. The Morgan fingerprint density at radius 1 is 1.24 bits per heavy atom. The highest BCUT2D eigenvalue weighted by molar-refractivity contribution is 7.19. The minimum Gasteiger partial charge on any atom is -0.344 e. The molecule has 0 amide bonds. The lowest BCUT2D eigenvalue weighted by Crippen LogP contribution is -1.90. The number of hydrogen-bond acceptors (Lipinski definition) is 1. The molecule has 0 spiro atoms. The lowest BCUT2D eigenvalue weighted by Gasteiger charge is -1.99. The fraction of sp³-hybridized carbons (Fsp3) is 0.200. The molecule has 0 aliphatic heterocycles. The molecule has 0 saturated carbocycles. The number of thiophene rings is 1. The minimum atomic E-state index is 1.22. The first-order chi connectivity index (χ1) is 8.11. The molecule has 0 bridgehead atoms. The molecule has 3 aromatic rings. The Morgan fingerprint density at radius 2 is 2.00 bits per heavy atom. The number of nitrogens with zero attached hydrogens (tertiary/aromatic N) is 1. The van der Waals surface area contributed by atoms with E-state index < -0.39 is 0 Å². The van der Waals surface area contributed by atoms with Crippen LogP contribution in [0, 0.1) is 13.8 Å². The maximum absolute atomic E-state index is 3.90. The quantitative estimate of drug-likeness (QED) is 0.584. The zero-order chi connectivity index (χ0) is 12.2. The molecule has 0 N–H and O–H groups in total. The maximum atomic E-state index is 3.90. The zero-order valence-corrected chi connectivity index (χ0v) is 11.2. The fourth-order valence-corrected chi connectivity index (χ4v) is 3.54. The van der Waals surface area contributed by atoms with Crippen LogP contribution in [0.25, 0.3) is 27.1 Å². The van der Waals surface area contributed by atoms with Crippen LogP contribution in [-0.4, -0.2) is 4.57 Å². The average Bonchev–Trinajstić information content (AvgIpc) is 2.76. The van der Waals surface area contributed by atoms with E-state index >= 15 is 0 Å². The van der Waals surface area contributed by atoms with E-state index in [4.69, 9.17) is 0 Å². The number of aryl methyl sites for hydroxylation is 3. The van der Waals surface area contributed by atoms with E-state index in [1.807, 2.05) is 17.4 Å². The third kappa shape index (κ3) is 1.37. The van der Waals surface area contributed by atoms with E-state index in [-0.39, 0.29) is 0 Å². The first-order valence-electron chi connectivity index (χ1n) is 5.73. The molecule has 2 heterocycles. The molecule has 0 aliphatic rings. The predicted octanol–water partition coefficient (Wildman–Crippen LogP) is 4.65. The van der Waals surface area contributed by atoms with Crippen molar-refractivity contribution in [2.75, 3.05) is 0 Å². The topological polar surface area (TPSA) is 4.93 Å². The van der Waals surface area contributed by atoms with Crippen molar-refractivity contribution in [1.29, 1.82) is 0 Å². The highest BCUT2D eigenvalue weighted by Crippen LogP contribution is 2.33. The van der Waals surface area contributed by atoms with Crippen LogP contribution in [-0.2, 0) is 7.05 Å². The lowest BCUT2D eigenvalue weighted by molar-refractivity contribution is 0.950. The standard InChI is InChI=1S/C15H15NS/c1-5-13-10(3)12-8-15-11(6-9(2)17-15)7-14(12)16(13)4/h5-8H,1H2,2-4H3. The van der Waals surface area contributed by atoms with Gasteiger partial charge in [-0.15, -0.1) is 11.3 Å². The predicted molar refractivity (Wildman–Crippen MR) is 77.9 cm³/mol. The van der Waals surface area contributed by atoms with Crippen molar-refractivity contribution in [1.82, 2.24) is 4.57 Å². The second-order valence-electron chi connectivity index (χ2n) is 4.54. The van der Waals surface area contributed by atoms with Crippen molar-refractivity contribution in [3.05, 3.63) is 40.9 Å². The van der Waals surface area contributed by atoms with Gasteiger partial charge < -0.3 is 4.57 Å². The van der Waals surface area contributed by atoms with Crippen molar-refractivity contribution in [2.45, 2.75) is 13.8 Å². The lowest BCUT2D eigenvalue weighted by atomic mass is 10.1. The molecular formula is C15H15NS. The van der Waals surface area contributed by atoms with Crippen molar-refractivity contribution in [2.24, 2.45) is 7.05 Å². The third-order valence-electron chi connectivity index (χ3n) is 3.46. The third-order valence-corrected chi connectivity index (χ3v) is 4.48. The zero-order valence-electron chi connectivity index (χ0n) is 10.4. The van der Waals surface area contributed by atoms with E-state index in [0.29, 0.717) is 0 Å². The van der Waals surface area contributed by atoms with E-state index in [9.17, 15) is 0 Å². The molecule has 17 heavy (non-hydrogen) atoms. The van der Waals surface area contributed by atoms with Crippen molar-refractivity contribution in [3.8, 4) is 0 Å². The Kier molecular flexibility index (Phi) is 2.17. The second-order valence-corrected chi connectivity index (χ2v) is 5.83. The van der Waals surface area contributed by atoms with Crippen LogP contribution in [0.1, 0.15) is 16.1 Å². The molecule has 86 valence electrons. The summed E-state index contributed by atoms with van der Waals surface area (Å²) >= 11 is 1.86. The van der Waals surface area contributed by atoms with Gasteiger partial charge in [0.2, 0.25) is 0 Å². The van der Waals surface area contributed by atoms with Gasteiger partial charge in [-0.3, -0.25) is 0 Å². The van der Waals surface area contributed by atoms with Crippen LogP contribution in [0.3, 0.4) is 0 Å². The first-order valence-corrected chi connectivity index (χ1v) is 6.55. The summed E-state index contributed by atoms with van der Waals surface area (Å²) in [6, 6.07) is 6.86. The Bertz CT molecular complexity index is 686. The Morgan fingerprint density at radius 3 is 2.71 bits per heavy atom. The number of rotatable bonds is 1. The Hall–Kier alpha value is -1.54.